The summed E-state index contributed by atoms with van der Waals surface area (Å²) in [5.41, 5.74) is 3.64. The number of aromatic nitrogens is 3. The maximum absolute atomic E-state index is 12.9. The minimum Gasteiger partial charge on any atom is -0.353 e. The summed E-state index contributed by atoms with van der Waals surface area (Å²) in [7, 11) is 0. The van der Waals surface area contributed by atoms with Gasteiger partial charge in [-0.2, -0.15) is 0 Å². The van der Waals surface area contributed by atoms with E-state index in [1.54, 1.807) is 0 Å². The number of piperazine rings is 1. The van der Waals surface area contributed by atoms with E-state index in [9.17, 15) is 4.79 Å². The van der Waals surface area contributed by atoms with Crippen LogP contribution in [0.15, 0.2) is 54.7 Å². The van der Waals surface area contributed by atoms with Crippen molar-refractivity contribution >= 4 is 17.5 Å². The van der Waals surface area contributed by atoms with Crippen LogP contribution in [0.5, 0.6) is 0 Å². The van der Waals surface area contributed by atoms with Gasteiger partial charge in [-0.05, 0) is 37.0 Å². The van der Waals surface area contributed by atoms with Crippen molar-refractivity contribution in [3.8, 4) is 0 Å². The molecule has 1 aliphatic heterocycles. The van der Waals surface area contributed by atoms with Crippen molar-refractivity contribution in [1.29, 1.82) is 0 Å². The zero-order valence-electron chi connectivity index (χ0n) is 17.2. The highest BCUT2D eigenvalue weighted by molar-refractivity contribution is 5.99. The zero-order chi connectivity index (χ0) is 20.5. The van der Waals surface area contributed by atoms with Gasteiger partial charge in [0.05, 0.1) is 17.0 Å². The standard InChI is InChI=1S/C24H25N5O/c1-17-23-20(15-19(16-21(23)30)18-7-3-2-4-8-18)27-24(26-17)29-13-11-28(12-14-29)22-9-5-6-10-25-22/h2-10,19H,11-16H2,1H3. The molecule has 5 rings (SSSR count). The van der Waals surface area contributed by atoms with Gasteiger partial charge in [0.25, 0.3) is 0 Å². The van der Waals surface area contributed by atoms with E-state index in [0.717, 1.165) is 61.3 Å². The first-order valence-electron chi connectivity index (χ1n) is 10.6. The summed E-state index contributed by atoms with van der Waals surface area (Å²) >= 11 is 0. The highest BCUT2D eigenvalue weighted by atomic mass is 16.1. The maximum atomic E-state index is 12.9. The summed E-state index contributed by atoms with van der Waals surface area (Å²) in [6.07, 6.45) is 3.15. The summed E-state index contributed by atoms with van der Waals surface area (Å²) in [5, 5.41) is 0. The molecule has 6 heteroatoms. The van der Waals surface area contributed by atoms with Crippen molar-refractivity contribution in [2.45, 2.75) is 25.7 Å². The second kappa shape index (κ2) is 7.86. The van der Waals surface area contributed by atoms with E-state index in [-0.39, 0.29) is 11.7 Å². The molecule has 0 radical (unpaired) electrons. The molecule has 6 nitrogen and oxygen atoms in total. The summed E-state index contributed by atoms with van der Waals surface area (Å²) in [6, 6.07) is 16.3. The minimum atomic E-state index is 0.161. The number of pyridine rings is 1. The molecule has 0 amide bonds. The Kier molecular flexibility index (Phi) is 4.91. The summed E-state index contributed by atoms with van der Waals surface area (Å²) in [6.45, 7) is 5.37. The molecule has 1 aromatic carbocycles. The predicted molar refractivity (Wildman–Crippen MR) is 117 cm³/mol. The molecule has 2 aliphatic rings. The molecule has 1 saturated heterocycles. The first-order valence-corrected chi connectivity index (χ1v) is 10.6. The highest BCUT2D eigenvalue weighted by Crippen LogP contribution is 2.33. The zero-order valence-corrected chi connectivity index (χ0v) is 17.2. The Labute approximate surface area is 176 Å². The van der Waals surface area contributed by atoms with E-state index in [1.165, 1.54) is 5.56 Å². The monoisotopic (exact) mass is 399 g/mol. The number of fused-ring (bicyclic) bond motifs is 1. The van der Waals surface area contributed by atoms with E-state index in [4.69, 9.17) is 9.97 Å². The fourth-order valence-electron chi connectivity index (χ4n) is 4.54. The third-order valence-corrected chi connectivity index (χ3v) is 6.11. The summed E-state index contributed by atoms with van der Waals surface area (Å²) in [4.78, 5) is 31.4. The van der Waals surface area contributed by atoms with Crippen LogP contribution in [0.4, 0.5) is 11.8 Å². The lowest BCUT2D eigenvalue weighted by atomic mass is 9.81. The van der Waals surface area contributed by atoms with Crippen LogP contribution in [-0.2, 0) is 6.42 Å². The van der Waals surface area contributed by atoms with Gasteiger partial charge in [0.2, 0.25) is 5.95 Å². The van der Waals surface area contributed by atoms with Gasteiger partial charge in [-0.15, -0.1) is 0 Å². The Balaban J connectivity index is 1.37. The van der Waals surface area contributed by atoms with Crippen molar-refractivity contribution in [1.82, 2.24) is 15.0 Å². The van der Waals surface area contributed by atoms with E-state index in [0.29, 0.717) is 6.42 Å². The molecule has 2 aromatic heterocycles. The van der Waals surface area contributed by atoms with Gasteiger partial charge in [-0.1, -0.05) is 36.4 Å². The Morgan fingerprint density at radius 2 is 1.60 bits per heavy atom. The number of ketones is 1. The molecule has 0 bridgehead atoms. The van der Waals surface area contributed by atoms with E-state index in [1.807, 2.05) is 49.5 Å². The number of hydrogen-bond donors (Lipinski definition) is 0. The predicted octanol–water partition coefficient (Wildman–Crippen LogP) is 3.42. The van der Waals surface area contributed by atoms with Crippen LogP contribution in [0.3, 0.4) is 0 Å². The van der Waals surface area contributed by atoms with Crippen LogP contribution in [0.25, 0.3) is 0 Å². The number of nitrogens with zero attached hydrogens (tertiary/aromatic N) is 5. The minimum absolute atomic E-state index is 0.161. The molecule has 0 spiro atoms. The molecule has 1 aliphatic carbocycles. The summed E-state index contributed by atoms with van der Waals surface area (Å²) in [5.74, 6) is 2.10. The van der Waals surface area contributed by atoms with E-state index >= 15 is 0 Å². The third kappa shape index (κ3) is 3.54. The van der Waals surface area contributed by atoms with Crippen molar-refractivity contribution in [2.75, 3.05) is 36.0 Å². The quantitative estimate of drug-likeness (QED) is 0.673. The topological polar surface area (TPSA) is 62.2 Å². The third-order valence-electron chi connectivity index (χ3n) is 6.11. The first kappa shape index (κ1) is 18.7. The fourth-order valence-corrected chi connectivity index (χ4v) is 4.54. The lowest BCUT2D eigenvalue weighted by Gasteiger charge is -2.36. The van der Waals surface area contributed by atoms with Gasteiger partial charge < -0.3 is 9.80 Å². The van der Waals surface area contributed by atoms with Crippen molar-refractivity contribution in [3.63, 3.8) is 0 Å². The molecule has 0 N–H and O–H groups in total. The van der Waals surface area contributed by atoms with Gasteiger partial charge in [0.15, 0.2) is 5.78 Å². The Hall–Kier alpha value is -3.28. The molecule has 3 heterocycles. The van der Waals surface area contributed by atoms with Crippen molar-refractivity contribution in [2.24, 2.45) is 0 Å². The van der Waals surface area contributed by atoms with Crippen LogP contribution in [0, 0.1) is 6.92 Å². The fraction of sp³-hybridized carbons (Fsp3) is 0.333. The number of Topliss-reactive ketones (excluding diaryl/α,β-unsaturated/α-hetero) is 1. The second-order valence-corrected chi connectivity index (χ2v) is 8.03. The van der Waals surface area contributed by atoms with Gasteiger partial charge in [-0.25, -0.2) is 15.0 Å². The Morgan fingerprint density at radius 1 is 0.867 bits per heavy atom. The molecule has 30 heavy (non-hydrogen) atoms. The van der Waals surface area contributed by atoms with Crippen LogP contribution in [0.2, 0.25) is 0 Å². The van der Waals surface area contributed by atoms with Gasteiger partial charge in [0, 0.05) is 38.8 Å². The first-order chi connectivity index (χ1) is 14.7. The lowest BCUT2D eigenvalue weighted by molar-refractivity contribution is 0.0962. The van der Waals surface area contributed by atoms with Crippen LogP contribution in [-0.4, -0.2) is 46.9 Å². The number of benzene rings is 1. The largest absolute Gasteiger partial charge is 0.353 e. The second-order valence-electron chi connectivity index (χ2n) is 8.03. The number of hydrogen-bond acceptors (Lipinski definition) is 6. The number of carbonyl (C=O) groups is 1. The van der Waals surface area contributed by atoms with Gasteiger partial charge in [0.1, 0.15) is 5.82 Å². The molecule has 0 saturated carbocycles. The SMILES string of the molecule is Cc1nc(N2CCN(c3ccccn3)CC2)nc2c1C(=O)CC(c1ccccc1)C2. The average molecular weight is 399 g/mol. The van der Waals surface area contributed by atoms with E-state index in [2.05, 4.69) is 26.9 Å². The van der Waals surface area contributed by atoms with Crippen molar-refractivity contribution in [3.05, 3.63) is 77.2 Å². The molecule has 1 fully saturated rings. The molecular formula is C24H25N5O. The highest BCUT2D eigenvalue weighted by Gasteiger charge is 2.31. The smallest absolute Gasteiger partial charge is 0.225 e. The van der Waals surface area contributed by atoms with Crippen LogP contribution < -0.4 is 9.80 Å². The van der Waals surface area contributed by atoms with Crippen LogP contribution in [0.1, 0.15) is 39.6 Å². The molecule has 1 atom stereocenters. The Morgan fingerprint density at radius 3 is 2.33 bits per heavy atom. The number of aryl methyl sites for hydroxylation is 1. The molecular weight excluding hydrogens is 374 g/mol. The van der Waals surface area contributed by atoms with Crippen molar-refractivity contribution < 1.29 is 4.79 Å². The number of carbonyl (C=O) groups excluding carboxylic acids is 1. The lowest BCUT2D eigenvalue weighted by Crippen LogP contribution is -2.47. The van der Waals surface area contributed by atoms with Gasteiger partial charge in [-0.3, -0.25) is 4.79 Å². The number of rotatable bonds is 3. The Bertz CT molecular complexity index is 1050. The van der Waals surface area contributed by atoms with Gasteiger partial charge >= 0.3 is 0 Å². The van der Waals surface area contributed by atoms with Crippen LogP contribution >= 0.6 is 0 Å². The average Bonchev–Trinajstić information content (AvgIpc) is 2.80. The normalized spacial score (nSPS) is 19.0. The molecule has 3 aromatic rings. The number of anilines is 2. The molecule has 152 valence electrons. The maximum Gasteiger partial charge on any atom is 0.225 e. The molecule has 1 unspecified atom stereocenters. The van der Waals surface area contributed by atoms with E-state index < -0.39 is 0 Å². The summed E-state index contributed by atoms with van der Waals surface area (Å²) < 4.78 is 0.